The number of fused-ring (bicyclic) bond motifs is 1. The van der Waals surface area contributed by atoms with Crippen LogP contribution in [0.1, 0.15) is 21.5 Å². The minimum Gasteiger partial charge on any atom is -0.493 e. The molecule has 4 aromatic rings. The molecule has 0 aliphatic heterocycles. The van der Waals surface area contributed by atoms with Crippen LogP contribution in [-0.2, 0) is 11.2 Å². The molecule has 0 aliphatic rings. The minimum absolute atomic E-state index is 0.200. The number of carbonyl (C=O) groups is 2. The maximum absolute atomic E-state index is 12.5. The minimum atomic E-state index is -0.607. The summed E-state index contributed by atoms with van der Waals surface area (Å²) in [6.07, 6.45) is 1.68. The van der Waals surface area contributed by atoms with Crippen molar-refractivity contribution in [2.24, 2.45) is 5.10 Å². The molecule has 4 aromatic carbocycles. The number of esters is 1. The number of rotatable bonds is 7. The zero-order chi connectivity index (χ0) is 24.8. The average molecular weight is 507 g/mol. The van der Waals surface area contributed by atoms with Crippen molar-refractivity contribution >= 4 is 52.1 Å². The molecule has 0 aliphatic carbocycles. The number of hydrogen-bond acceptors (Lipinski definition) is 5. The van der Waals surface area contributed by atoms with Crippen LogP contribution in [0.2, 0.25) is 10.0 Å². The van der Waals surface area contributed by atoms with Crippen LogP contribution in [0.15, 0.2) is 84.0 Å². The molecule has 0 fully saturated rings. The molecule has 0 heterocycles. The maximum atomic E-state index is 12.5. The standard InChI is InChI=1S/C27H20Cl2N2O4/c1-34-25-13-17(9-12-24(25)35-27(33)20-10-11-22(28)23(29)14-20)16-30-31-26(32)15-19-7-4-6-18-5-2-3-8-21(18)19/h2-14,16H,15H2,1H3,(H,31,32). The van der Waals surface area contributed by atoms with Crippen LogP contribution in [0.5, 0.6) is 11.5 Å². The zero-order valence-corrected chi connectivity index (χ0v) is 20.1. The van der Waals surface area contributed by atoms with E-state index in [0.717, 1.165) is 16.3 Å². The number of methoxy groups -OCH3 is 1. The van der Waals surface area contributed by atoms with Gasteiger partial charge in [0.15, 0.2) is 11.5 Å². The highest BCUT2D eigenvalue weighted by Gasteiger charge is 2.14. The highest BCUT2D eigenvalue weighted by Crippen LogP contribution is 2.29. The highest BCUT2D eigenvalue weighted by atomic mass is 35.5. The predicted molar refractivity (Wildman–Crippen MR) is 138 cm³/mol. The number of hydrazone groups is 1. The van der Waals surface area contributed by atoms with Crippen LogP contribution in [-0.4, -0.2) is 25.2 Å². The summed E-state index contributed by atoms with van der Waals surface area (Å²) in [5, 5.41) is 6.74. The first kappa shape index (κ1) is 24.3. The van der Waals surface area contributed by atoms with Gasteiger partial charge >= 0.3 is 5.97 Å². The van der Waals surface area contributed by atoms with E-state index in [2.05, 4.69) is 10.5 Å². The third kappa shape index (κ3) is 5.98. The Kier molecular flexibility index (Phi) is 7.65. The van der Waals surface area contributed by atoms with Gasteiger partial charge in [-0.2, -0.15) is 5.10 Å². The fourth-order valence-corrected chi connectivity index (χ4v) is 3.77. The molecule has 35 heavy (non-hydrogen) atoms. The van der Waals surface area contributed by atoms with E-state index in [1.807, 2.05) is 42.5 Å². The monoisotopic (exact) mass is 506 g/mol. The van der Waals surface area contributed by atoms with Crippen molar-refractivity contribution in [3.63, 3.8) is 0 Å². The zero-order valence-electron chi connectivity index (χ0n) is 18.6. The molecule has 0 radical (unpaired) electrons. The van der Waals surface area contributed by atoms with Crippen LogP contribution in [0, 0.1) is 0 Å². The van der Waals surface area contributed by atoms with Crippen molar-refractivity contribution in [2.75, 3.05) is 7.11 Å². The smallest absolute Gasteiger partial charge is 0.343 e. The number of halogens is 2. The van der Waals surface area contributed by atoms with E-state index in [-0.39, 0.29) is 28.7 Å². The molecule has 0 bridgehead atoms. The second kappa shape index (κ2) is 11.0. The molecule has 6 nitrogen and oxygen atoms in total. The van der Waals surface area contributed by atoms with Crippen molar-refractivity contribution < 1.29 is 19.1 Å². The molecule has 0 saturated heterocycles. The van der Waals surface area contributed by atoms with E-state index in [0.29, 0.717) is 16.3 Å². The Morgan fingerprint density at radius 3 is 2.51 bits per heavy atom. The molecular formula is C27H20Cl2N2O4. The summed E-state index contributed by atoms with van der Waals surface area (Å²) in [7, 11) is 1.46. The molecule has 0 aromatic heterocycles. The van der Waals surface area contributed by atoms with Gasteiger partial charge in [0.1, 0.15) is 0 Å². The second-order valence-corrected chi connectivity index (χ2v) is 8.35. The summed E-state index contributed by atoms with van der Waals surface area (Å²) < 4.78 is 10.8. The normalized spacial score (nSPS) is 10.9. The number of nitrogens with zero attached hydrogens (tertiary/aromatic N) is 1. The molecular weight excluding hydrogens is 487 g/mol. The topological polar surface area (TPSA) is 77.0 Å². The number of nitrogens with one attached hydrogen (secondary N) is 1. The summed E-state index contributed by atoms with van der Waals surface area (Å²) in [6, 6.07) is 23.1. The fraction of sp³-hybridized carbons (Fsp3) is 0.0741. The van der Waals surface area contributed by atoms with Gasteiger partial charge in [-0.05, 0) is 58.3 Å². The SMILES string of the molecule is COc1cc(C=NNC(=O)Cc2cccc3ccccc23)ccc1OC(=O)c1ccc(Cl)c(Cl)c1. The first-order chi connectivity index (χ1) is 16.9. The summed E-state index contributed by atoms with van der Waals surface area (Å²) in [5.41, 5.74) is 4.35. The van der Waals surface area contributed by atoms with Gasteiger partial charge in [-0.15, -0.1) is 0 Å². The Labute approximate surface area is 212 Å². The third-order valence-electron chi connectivity index (χ3n) is 5.18. The number of hydrogen-bond donors (Lipinski definition) is 1. The van der Waals surface area contributed by atoms with Gasteiger partial charge in [0.2, 0.25) is 5.91 Å². The molecule has 1 amide bonds. The van der Waals surface area contributed by atoms with Crippen LogP contribution in [0.3, 0.4) is 0 Å². The van der Waals surface area contributed by atoms with E-state index in [1.165, 1.54) is 31.5 Å². The van der Waals surface area contributed by atoms with Crippen LogP contribution < -0.4 is 14.9 Å². The predicted octanol–water partition coefficient (Wildman–Crippen LogP) is 6.07. The lowest BCUT2D eigenvalue weighted by atomic mass is 10.0. The third-order valence-corrected chi connectivity index (χ3v) is 5.92. The van der Waals surface area contributed by atoms with Crippen molar-refractivity contribution in [2.45, 2.75) is 6.42 Å². The molecule has 0 atom stereocenters. The molecule has 8 heteroatoms. The molecule has 176 valence electrons. The first-order valence-corrected chi connectivity index (χ1v) is 11.3. The van der Waals surface area contributed by atoms with Crippen molar-refractivity contribution in [1.29, 1.82) is 0 Å². The Morgan fingerprint density at radius 2 is 1.71 bits per heavy atom. The summed E-state index contributed by atoms with van der Waals surface area (Å²) in [5.74, 6) is -0.300. The quantitative estimate of drug-likeness (QED) is 0.143. The summed E-state index contributed by atoms with van der Waals surface area (Å²) in [6.45, 7) is 0. The number of carbonyl (C=O) groups excluding carboxylic acids is 2. The van der Waals surface area contributed by atoms with Gasteiger partial charge in [0.05, 0.1) is 35.4 Å². The van der Waals surface area contributed by atoms with Gasteiger partial charge in [-0.25, -0.2) is 10.2 Å². The number of benzene rings is 4. The van der Waals surface area contributed by atoms with Crippen molar-refractivity contribution in [3.05, 3.63) is 106 Å². The van der Waals surface area contributed by atoms with Crippen LogP contribution in [0.25, 0.3) is 10.8 Å². The van der Waals surface area contributed by atoms with E-state index in [4.69, 9.17) is 32.7 Å². The molecule has 1 N–H and O–H groups in total. The molecule has 4 rings (SSSR count). The van der Waals surface area contributed by atoms with Gasteiger partial charge < -0.3 is 9.47 Å². The number of ether oxygens (including phenoxy) is 2. The average Bonchev–Trinajstić information content (AvgIpc) is 2.86. The molecule has 0 unspecified atom stereocenters. The highest BCUT2D eigenvalue weighted by molar-refractivity contribution is 6.42. The van der Waals surface area contributed by atoms with Gasteiger partial charge in [0, 0.05) is 0 Å². The van der Waals surface area contributed by atoms with Crippen molar-refractivity contribution in [3.8, 4) is 11.5 Å². The second-order valence-electron chi connectivity index (χ2n) is 7.54. The first-order valence-electron chi connectivity index (χ1n) is 10.6. The van der Waals surface area contributed by atoms with Gasteiger partial charge in [-0.3, -0.25) is 4.79 Å². The Balaban J connectivity index is 1.40. The Bertz CT molecular complexity index is 1430. The lowest BCUT2D eigenvalue weighted by Crippen LogP contribution is -2.19. The maximum Gasteiger partial charge on any atom is 0.343 e. The van der Waals surface area contributed by atoms with E-state index < -0.39 is 5.97 Å². The summed E-state index contributed by atoms with van der Waals surface area (Å²) in [4.78, 5) is 24.9. The van der Waals surface area contributed by atoms with Gasteiger partial charge in [0.25, 0.3) is 0 Å². The van der Waals surface area contributed by atoms with E-state index in [1.54, 1.807) is 18.2 Å². The lowest BCUT2D eigenvalue weighted by Gasteiger charge is -2.10. The summed E-state index contributed by atoms with van der Waals surface area (Å²) >= 11 is 11.9. The Hall–Kier alpha value is -3.87. The largest absolute Gasteiger partial charge is 0.493 e. The molecule has 0 saturated carbocycles. The van der Waals surface area contributed by atoms with E-state index >= 15 is 0 Å². The lowest BCUT2D eigenvalue weighted by molar-refractivity contribution is -0.120. The van der Waals surface area contributed by atoms with Gasteiger partial charge in [-0.1, -0.05) is 65.7 Å². The van der Waals surface area contributed by atoms with Crippen molar-refractivity contribution in [1.82, 2.24) is 5.43 Å². The molecule has 0 spiro atoms. The Morgan fingerprint density at radius 1 is 0.914 bits per heavy atom. The van der Waals surface area contributed by atoms with Crippen LogP contribution in [0.4, 0.5) is 0 Å². The van der Waals surface area contributed by atoms with E-state index in [9.17, 15) is 9.59 Å². The fourth-order valence-electron chi connectivity index (χ4n) is 3.47. The van der Waals surface area contributed by atoms with Crippen LogP contribution >= 0.6 is 23.2 Å². The number of amides is 1.